The van der Waals surface area contributed by atoms with Crippen LogP contribution in [-0.4, -0.2) is 23.9 Å². The van der Waals surface area contributed by atoms with Gasteiger partial charge in [0.2, 0.25) is 5.88 Å². The number of carbonyl (C=O) groups excluding carboxylic acids is 1. The summed E-state index contributed by atoms with van der Waals surface area (Å²) < 4.78 is 46.3. The largest absolute Gasteiger partial charge is 0.574 e. The summed E-state index contributed by atoms with van der Waals surface area (Å²) in [6, 6.07) is 0. The molecule has 112 valence electrons. The van der Waals surface area contributed by atoms with Crippen molar-refractivity contribution in [2.75, 3.05) is 6.61 Å². The summed E-state index contributed by atoms with van der Waals surface area (Å²) in [5.41, 5.74) is 0.595. The maximum atomic E-state index is 12.4. The highest BCUT2D eigenvalue weighted by atomic mass is 127. The molecule has 9 heteroatoms. The van der Waals surface area contributed by atoms with Crippen LogP contribution < -0.4 is 4.74 Å². The second-order valence-electron chi connectivity index (χ2n) is 3.53. The van der Waals surface area contributed by atoms with E-state index in [4.69, 9.17) is 4.74 Å². The highest BCUT2D eigenvalue weighted by molar-refractivity contribution is 14.1. The first kappa shape index (κ1) is 17.5. The second-order valence-corrected chi connectivity index (χ2v) is 5.25. The molecule has 1 heterocycles. The molecule has 0 aromatic carbocycles. The van der Waals surface area contributed by atoms with Gasteiger partial charge in [0, 0.05) is 20.7 Å². The third kappa shape index (κ3) is 5.08. The molecule has 0 N–H and O–H groups in total. The van der Waals surface area contributed by atoms with E-state index in [1.54, 1.807) is 6.92 Å². The highest BCUT2D eigenvalue weighted by Gasteiger charge is 2.34. The number of ether oxygens (including phenoxy) is 2. The van der Waals surface area contributed by atoms with Crippen LogP contribution in [0, 0.1) is 3.57 Å². The fourth-order valence-electron chi connectivity index (χ4n) is 1.43. The molecule has 0 fully saturated rings. The van der Waals surface area contributed by atoms with Crippen molar-refractivity contribution in [2.45, 2.75) is 25.0 Å². The third-order valence-corrected chi connectivity index (χ3v) is 3.67. The zero-order valence-electron chi connectivity index (χ0n) is 10.3. The molecule has 0 spiro atoms. The standard InChI is InChI=1S/C11H10BrF3INO3/c1-2-19-9(18)3-6-7(4-12)8(16)5-17-10(6)20-11(13,14)15/h5H,2-4H2,1H3. The van der Waals surface area contributed by atoms with Crippen molar-refractivity contribution in [3.8, 4) is 5.88 Å². The molecule has 1 aromatic heterocycles. The van der Waals surface area contributed by atoms with Crippen molar-refractivity contribution >= 4 is 44.5 Å². The predicted molar refractivity (Wildman–Crippen MR) is 76.6 cm³/mol. The van der Waals surface area contributed by atoms with Crippen molar-refractivity contribution in [3.05, 3.63) is 20.9 Å². The number of alkyl halides is 4. The molecule has 0 amide bonds. The predicted octanol–water partition coefficient (Wildman–Crippen LogP) is 3.59. The zero-order chi connectivity index (χ0) is 15.3. The van der Waals surface area contributed by atoms with E-state index in [1.165, 1.54) is 6.20 Å². The van der Waals surface area contributed by atoms with Crippen LogP contribution in [0.25, 0.3) is 0 Å². The van der Waals surface area contributed by atoms with E-state index in [-0.39, 0.29) is 23.9 Å². The minimum absolute atomic E-state index is 0.0737. The van der Waals surface area contributed by atoms with Crippen molar-refractivity contribution in [3.63, 3.8) is 0 Å². The van der Waals surface area contributed by atoms with Gasteiger partial charge in [-0.05, 0) is 35.1 Å². The molecule has 1 rings (SSSR count). The number of hydrogen-bond donors (Lipinski definition) is 0. The first-order chi connectivity index (χ1) is 9.28. The van der Waals surface area contributed by atoms with E-state index in [1.807, 2.05) is 22.6 Å². The molecule has 0 saturated carbocycles. The monoisotopic (exact) mass is 467 g/mol. The SMILES string of the molecule is CCOC(=O)Cc1c(OC(F)(F)F)ncc(I)c1CBr. The molecule has 0 atom stereocenters. The van der Waals surface area contributed by atoms with Gasteiger partial charge in [-0.25, -0.2) is 4.98 Å². The molecular formula is C11H10BrF3INO3. The molecule has 0 aliphatic heterocycles. The summed E-state index contributed by atoms with van der Waals surface area (Å²) >= 11 is 5.11. The lowest BCUT2D eigenvalue weighted by atomic mass is 10.1. The number of rotatable bonds is 5. The van der Waals surface area contributed by atoms with Crippen LogP contribution in [-0.2, 0) is 21.3 Å². The molecule has 20 heavy (non-hydrogen) atoms. The van der Waals surface area contributed by atoms with E-state index in [0.717, 1.165) is 0 Å². The number of halogens is 5. The first-order valence-electron chi connectivity index (χ1n) is 5.42. The smallest absolute Gasteiger partial charge is 0.466 e. The summed E-state index contributed by atoms with van der Waals surface area (Å²) in [4.78, 5) is 15.1. The Morgan fingerprint density at radius 1 is 1.45 bits per heavy atom. The number of carbonyl (C=O) groups is 1. The molecule has 0 bridgehead atoms. The van der Waals surface area contributed by atoms with Crippen LogP contribution in [0.5, 0.6) is 5.88 Å². The average molecular weight is 468 g/mol. The van der Waals surface area contributed by atoms with Gasteiger partial charge in [0.15, 0.2) is 0 Å². The topological polar surface area (TPSA) is 48.4 Å². The average Bonchev–Trinajstić information content (AvgIpc) is 2.32. The maximum absolute atomic E-state index is 12.4. The number of hydrogen-bond acceptors (Lipinski definition) is 4. The van der Waals surface area contributed by atoms with Crippen molar-refractivity contribution < 1.29 is 27.4 Å². The Balaban J connectivity index is 3.19. The van der Waals surface area contributed by atoms with Crippen LogP contribution in [0.15, 0.2) is 6.20 Å². The lowest BCUT2D eigenvalue weighted by Crippen LogP contribution is -2.21. The summed E-state index contributed by atoms with van der Waals surface area (Å²) in [7, 11) is 0. The Morgan fingerprint density at radius 2 is 2.10 bits per heavy atom. The van der Waals surface area contributed by atoms with Gasteiger partial charge in [-0.2, -0.15) is 0 Å². The Labute approximate surface area is 135 Å². The number of esters is 1. The van der Waals surface area contributed by atoms with Gasteiger partial charge in [0.1, 0.15) is 0 Å². The molecule has 0 unspecified atom stereocenters. The first-order valence-corrected chi connectivity index (χ1v) is 7.62. The second kappa shape index (κ2) is 7.43. The molecule has 0 saturated heterocycles. The van der Waals surface area contributed by atoms with E-state index in [2.05, 4.69) is 25.7 Å². The van der Waals surface area contributed by atoms with Crippen molar-refractivity contribution in [1.29, 1.82) is 0 Å². The van der Waals surface area contributed by atoms with E-state index in [0.29, 0.717) is 9.13 Å². The van der Waals surface area contributed by atoms with Crippen LogP contribution in [0.1, 0.15) is 18.1 Å². The minimum atomic E-state index is -4.87. The van der Waals surface area contributed by atoms with Crippen molar-refractivity contribution in [1.82, 2.24) is 4.98 Å². The quantitative estimate of drug-likeness (QED) is 0.377. The van der Waals surface area contributed by atoms with Gasteiger partial charge < -0.3 is 9.47 Å². The van der Waals surface area contributed by atoms with Gasteiger partial charge in [0.05, 0.1) is 13.0 Å². The summed E-state index contributed by atoms with van der Waals surface area (Å²) in [5.74, 6) is -1.26. The Kier molecular flexibility index (Phi) is 6.49. The number of aromatic nitrogens is 1. The third-order valence-electron chi connectivity index (χ3n) is 2.18. The van der Waals surface area contributed by atoms with Crippen molar-refractivity contribution in [2.24, 2.45) is 0 Å². The summed E-state index contributed by atoms with van der Waals surface area (Å²) in [6.45, 7) is 1.76. The zero-order valence-corrected chi connectivity index (χ0v) is 14.0. The lowest BCUT2D eigenvalue weighted by Gasteiger charge is -2.15. The van der Waals surface area contributed by atoms with E-state index < -0.39 is 18.2 Å². The number of pyridine rings is 1. The van der Waals surface area contributed by atoms with Crippen LogP contribution >= 0.6 is 38.5 Å². The highest BCUT2D eigenvalue weighted by Crippen LogP contribution is 2.30. The molecule has 0 aliphatic carbocycles. The molecule has 4 nitrogen and oxygen atoms in total. The Hall–Kier alpha value is -0.580. The number of nitrogens with zero attached hydrogens (tertiary/aromatic N) is 1. The molecule has 1 aromatic rings. The van der Waals surface area contributed by atoms with Gasteiger partial charge in [-0.1, -0.05) is 15.9 Å². The Morgan fingerprint density at radius 3 is 2.60 bits per heavy atom. The van der Waals surface area contributed by atoms with Crippen LogP contribution in [0.4, 0.5) is 13.2 Å². The van der Waals surface area contributed by atoms with Crippen LogP contribution in [0.2, 0.25) is 0 Å². The van der Waals surface area contributed by atoms with Gasteiger partial charge in [-0.3, -0.25) is 4.79 Å². The minimum Gasteiger partial charge on any atom is -0.466 e. The van der Waals surface area contributed by atoms with Gasteiger partial charge >= 0.3 is 12.3 Å². The molecular weight excluding hydrogens is 458 g/mol. The van der Waals surface area contributed by atoms with Crippen LogP contribution in [0.3, 0.4) is 0 Å². The molecule has 0 aliphatic rings. The van der Waals surface area contributed by atoms with E-state index in [9.17, 15) is 18.0 Å². The van der Waals surface area contributed by atoms with E-state index >= 15 is 0 Å². The summed E-state index contributed by atoms with van der Waals surface area (Å²) in [6.07, 6.45) is -3.94. The normalized spacial score (nSPS) is 11.3. The summed E-state index contributed by atoms with van der Waals surface area (Å²) in [5, 5.41) is 0.275. The Bertz CT molecular complexity index is 497. The maximum Gasteiger partial charge on any atom is 0.574 e. The molecule has 0 radical (unpaired) electrons. The fourth-order valence-corrected chi connectivity index (χ4v) is 3.25. The lowest BCUT2D eigenvalue weighted by molar-refractivity contribution is -0.276. The fraction of sp³-hybridized carbons (Fsp3) is 0.455. The van der Waals surface area contributed by atoms with Gasteiger partial charge in [-0.15, -0.1) is 13.2 Å². The van der Waals surface area contributed by atoms with Gasteiger partial charge in [0.25, 0.3) is 0 Å².